The number of Topliss-reactive ketones (excluding diaryl/α,β-unsaturated/α-hetero) is 2. The summed E-state index contributed by atoms with van der Waals surface area (Å²) in [4.78, 5) is 70.2. The molecule has 4 aromatic heterocycles. The van der Waals surface area contributed by atoms with Crippen LogP contribution in [0.2, 0.25) is 0 Å². The van der Waals surface area contributed by atoms with Gasteiger partial charge >= 0.3 is 12.2 Å². The normalized spacial score (nSPS) is 18.1. The maximum Gasteiger partial charge on any atom is 0.410 e. The zero-order valence-electron chi connectivity index (χ0n) is 50.5. The Morgan fingerprint density at radius 1 is 0.512 bits per heavy atom. The number of hydrogen-bond acceptors (Lipinski definition) is 14. The predicted octanol–water partition coefficient (Wildman–Crippen LogP) is 15.3. The zero-order valence-corrected chi connectivity index (χ0v) is 52.2. The molecule has 0 bridgehead atoms. The molecule has 4 saturated heterocycles. The molecule has 20 heteroatoms. The standard InChI is InChI=1S/2C33H40FN5O3S/c2*1-33(2,3)42-32(41)38-19-9-10-26(38)22-12-14-24(25(34)20-22)30-35-31-39(36-30)27-15-13-23(21-29(27)43-31)28(40)11-5-8-18-37-16-6-4-7-17-37/h2*12-15,20-21,26H,4-11,16-19H2,1-3H3/t2*26-/m10/s1. The first-order chi connectivity index (χ1) is 41.3. The Morgan fingerprint density at radius 3 is 1.30 bits per heavy atom. The molecule has 456 valence electrons. The maximum atomic E-state index is 15.5. The van der Waals surface area contributed by atoms with E-state index in [1.54, 1.807) is 31.0 Å². The second kappa shape index (κ2) is 26.3. The van der Waals surface area contributed by atoms with E-state index in [0.717, 1.165) is 96.0 Å². The molecule has 0 N–H and O–H groups in total. The fourth-order valence-corrected chi connectivity index (χ4v) is 14.4. The van der Waals surface area contributed by atoms with Crippen LogP contribution in [0.3, 0.4) is 0 Å². The number of thiazole rings is 2. The van der Waals surface area contributed by atoms with Crippen LogP contribution < -0.4 is 0 Å². The van der Waals surface area contributed by atoms with Crippen molar-refractivity contribution in [3.63, 3.8) is 0 Å². The van der Waals surface area contributed by atoms with Crippen molar-refractivity contribution < 1.29 is 37.4 Å². The molecule has 12 rings (SSSR count). The van der Waals surface area contributed by atoms with Gasteiger partial charge in [-0.3, -0.25) is 9.59 Å². The van der Waals surface area contributed by atoms with E-state index < -0.39 is 22.8 Å². The maximum absolute atomic E-state index is 15.5. The first-order valence-electron chi connectivity index (χ1n) is 31.0. The summed E-state index contributed by atoms with van der Waals surface area (Å²) in [6, 6.07) is 21.0. The molecule has 8 aromatic rings. The van der Waals surface area contributed by atoms with E-state index in [4.69, 9.17) is 9.47 Å². The van der Waals surface area contributed by atoms with Crippen molar-refractivity contribution in [3.05, 3.63) is 107 Å². The number of carbonyl (C=O) groups excluding carboxylic acids is 4. The summed E-state index contributed by atoms with van der Waals surface area (Å²) >= 11 is 2.89. The van der Waals surface area contributed by atoms with Gasteiger partial charge in [0.25, 0.3) is 0 Å². The number of ketones is 2. The van der Waals surface area contributed by atoms with Gasteiger partial charge in [0.1, 0.15) is 22.8 Å². The number of unbranched alkanes of at least 4 members (excludes halogenated alkanes) is 2. The number of nitrogens with zero attached hydrogens (tertiary/aromatic N) is 10. The fraction of sp³-hybridized carbons (Fsp3) is 0.515. The van der Waals surface area contributed by atoms with Crippen molar-refractivity contribution in [2.45, 2.75) is 168 Å². The van der Waals surface area contributed by atoms with Crippen LogP contribution in [-0.4, -0.2) is 136 Å². The first-order valence-corrected chi connectivity index (χ1v) is 32.6. The summed E-state index contributed by atoms with van der Waals surface area (Å²) in [7, 11) is 0. The number of halogens is 2. The van der Waals surface area contributed by atoms with Crippen LogP contribution >= 0.6 is 22.7 Å². The molecule has 86 heavy (non-hydrogen) atoms. The number of fused-ring (bicyclic) bond motifs is 6. The van der Waals surface area contributed by atoms with E-state index in [2.05, 4.69) is 30.0 Å². The predicted molar refractivity (Wildman–Crippen MR) is 334 cm³/mol. The van der Waals surface area contributed by atoms with Gasteiger partial charge in [-0.1, -0.05) is 47.6 Å². The molecular weight excluding hydrogens is 1130 g/mol. The Bertz CT molecular complexity index is 3510. The Hall–Kier alpha value is -6.74. The lowest BCUT2D eigenvalue weighted by atomic mass is 10.0. The van der Waals surface area contributed by atoms with Crippen LogP contribution in [0.15, 0.2) is 72.8 Å². The summed E-state index contributed by atoms with van der Waals surface area (Å²) in [6.45, 7) is 19.1. The van der Waals surface area contributed by atoms with Crippen molar-refractivity contribution in [1.82, 2.24) is 48.8 Å². The number of likely N-dealkylation sites (tertiary alicyclic amines) is 4. The molecule has 8 heterocycles. The summed E-state index contributed by atoms with van der Waals surface area (Å²) in [6.07, 6.45) is 15.3. The lowest BCUT2D eigenvalue weighted by Crippen LogP contribution is -2.36. The van der Waals surface area contributed by atoms with E-state index >= 15 is 8.78 Å². The quantitative estimate of drug-likeness (QED) is 0.0666. The van der Waals surface area contributed by atoms with Gasteiger partial charge in [0.2, 0.25) is 9.92 Å². The second-order valence-corrected chi connectivity index (χ2v) is 27.6. The van der Waals surface area contributed by atoms with Crippen LogP contribution in [0.1, 0.15) is 188 Å². The van der Waals surface area contributed by atoms with E-state index in [1.807, 2.05) is 90.1 Å². The second-order valence-electron chi connectivity index (χ2n) is 25.5. The van der Waals surface area contributed by atoms with Crippen molar-refractivity contribution in [2.75, 3.05) is 52.4 Å². The molecular formula is C66H80F2N10O6S2. The lowest BCUT2D eigenvalue weighted by Gasteiger charge is -2.29. The van der Waals surface area contributed by atoms with Gasteiger partial charge in [0.15, 0.2) is 23.2 Å². The average molecular weight is 1210 g/mol. The highest BCUT2D eigenvalue weighted by molar-refractivity contribution is 7.24. The topological polar surface area (TPSA) is 160 Å². The van der Waals surface area contributed by atoms with Gasteiger partial charge in [-0.05, 0) is 230 Å². The lowest BCUT2D eigenvalue weighted by molar-refractivity contribution is 0.0213. The Labute approximate surface area is 509 Å². The average Bonchev–Trinajstić information content (AvgIpc) is 1.84. The number of carbonyl (C=O) groups is 4. The highest BCUT2D eigenvalue weighted by atomic mass is 32.1. The van der Waals surface area contributed by atoms with Gasteiger partial charge in [0, 0.05) is 37.1 Å². The monoisotopic (exact) mass is 1210 g/mol. The van der Waals surface area contributed by atoms with Crippen LogP contribution in [0.25, 0.3) is 53.1 Å². The Kier molecular flexibility index (Phi) is 18.6. The molecule has 0 spiro atoms. The number of amides is 2. The minimum atomic E-state index is -0.591. The third kappa shape index (κ3) is 14.3. The summed E-state index contributed by atoms with van der Waals surface area (Å²) < 4.78 is 47.3. The zero-order chi connectivity index (χ0) is 60.3. The van der Waals surface area contributed by atoms with Crippen LogP contribution in [0.5, 0.6) is 0 Å². The molecule has 16 nitrogen and oxygen atoms in total. The summed E-state index contributed by atoms with van der Waals surface area (Å²) in [5.41, 5.74) is 4.02. The van der Waals surface area contributed by atoms with Crippen molar-refractivity contribution in [2.24, 2.45) is 0 Å². The molecule has 0 radical (unpaired) electrons. The molecule has 2 atom stereocenters. The van der Waals surface area contributed by atoms with Crippen molar-refractivity contribution in [3.8, 4) is 22.8 Å². The molecule has 0 aliphatic carbocycles. The molecule has 2 amide bonds. The molecule has 4 aliphatic heterocycles. The van der Waals surface area contributed by atoms with Gasteiger partial charge in [-0.2, -0.15) is 9.97 Å². The van der Waals surface area contributed by atoms with Gasteiger partial charge < -0.3 is 29.1 Å². The van der Waals surface area contributed by atoms with E-state index in [-0.39, 0.29) is 35.8 Å². The van der Waals surface area contributed by atoms with Gasteiger partial charge in [-0.15, -0.1) is 10.2 Å². The van der Waals surface area contributed by atoms with E-state index in [9.17, 15) is 19.2 Å². The van der Waals surface area contributed by atoms with Crippen molar-refractivity contribution in [1.29, 1.82) is 0 Å². The summed E-state index contributed by atoms with van der Waals surface area (Å²) in [5, 5.41) is 9.25. The van der Waals surface area contributed by atoms with Gasteiger partial charge in [-0.25, -0.2) is 27.4 Å². The van der Waals surface area contributed by atoms with E-state index in [1.165, 1.54) is 99.5 Å². The molecule has 4 aliphatic rings. The first kappa shape index (κ1) is 60.9. The fourth-order valence-electron chi connectivity index (χ4n) is 12.4. The Balaban J connectivity index is 0.000000179. The highest BCUT2D eigenvalue weighted by Crippen LogP contribution is 2.38. The van der Waals surface area contributed by atoms with Crippen LogP contribution in [0, 0.1) is 11.6 Å². The molecule has 0 unspecified atom stereocenters. The number of piperidine rings is 2. The van der Waals surface area contributed by atoms with Crippen molar-refractivity contribution >= 4 is 76.8 Å². The third-order valence-electron chi connectivity index (χ3n) is 16.7. The number of benzene rings is 4. The van der Waals surface area contributed by atoms with Crippen LogP contribution in [-0.2, 0) is 9.47 Å². The molecule has 4 aromatic carbocycles. The highest BCUT2D eigenvalue weighted by Gasteiger charge is 2.36. The SMILES string of the molecule is CC(C)(C)OC(=O)N1CCC[C@@H]1c1ccc(-c2nc3sc4cc(C(=O)CCCCN5CCCCC5)ccc4n3n2)c(F)c1.CC(C)(C)OC(=O)N1CCC[C@H]1c1ccc(-c2nc3sc4cc(C(=O)CCCCN5CCCCC5)ccc4n3n2)c(F)c1. The number of rotatable bonds is 16. The number of ether oxygens (including phenoxy) is 2. The third-order valence-corrected chi connectivity index (χ3v) is 18.7. The number of aromatic nitrogens is 6. The minimum absolute atomic E-state index is 0.162. The number of hydrogen-bond donors (Lipinski definition) is 0. The molecule has 0 saturated carbocycles. The van der Waals surface area contributed by atoms with Crippen LogP contribution in [0.4, 0.5) is 18.4 Å². The summed E-state index contributed by atoms with van der Waals surface area (Å²) in [5.74, 6) is 0.0845. The smallest absolute Gasteiger partial charge is 0.410 e. The van der Waals surface area contributed by atoms with Gasteiger partial charge in [0.05, 0.1) is 43.6 Å². The Morgan fingerprint density at radius 2 is 0.919 bits per heavy atom. The van der Waals surface area contributed by atoms with E-state index in [0.29, 0.717) is 69.8 Å². The minimum Gasteiger partial charge on any atom is -0.444 e. The largest absolute Gasteiger partial charge is 0.444 e. The molecule has 4 fully saturated rings.